The number of hydrogen-bond acceptors (Lipinski definition) is 6. The van der Waals surface area contributed by atoms with Crippen LogP contribution in [0.4, 0.5) is 0 Å². The Morgan fingerprint density at radius 2 is 1.97 bits per heavy atom. The molecule has 0 unspecified atom stereocenters. The summed E-state index contributed by atoms with van der Waals surface area (Å²) in [7, 11) is 1.62. The molecule has 3 saturated carbocycles. The van der Waals surface area contributed by atoms with Crippen molar-refractivity contribution in [1.29, 1.82) is 0 Å². The first-order chi connectivity index (χ1) is 15.3. The van der Waals surface area contributed by atoms with Gasteiger partial charge in [0.15, 0.2) is 0 Å². The highest BCUT2D eigenvalue weighted by molar-refractivity contribution is 5.96. The number of oxime groups is 1. The highest BCUT2D eigenvalue weighted by Crippen LogP contribution is 2.82. The van der Waals surface area contributed by atoms with Crippen LogP contribution in [0.3, 0.4) is 0 Å². The molecule has 178 valence electrons. The summed E-state index contributed by atoms with van der Waals surface area (Å²) in [6.07, 6.45) is 8.27. The van der Waals surface area contributed by atoms with Crippen molar-refractivity contribution in [2.45, 2.75) is 46.5 Å². The predicted molar refractivity (Wildman–Crippen MR) is 119 cm³/mol. The van der Waals surface area contributed by atoms with Gasteiger partial charge in [-0.1, -0.05) is 44.0 Å². The zero-order valence-corrected chi connectivity index (χ0v) is 19.7. The van der Waals surface area contributed by atoms with E-state index in [1.54, 1.807) is 13.3 Å². The number of aldehydes is 1. The molecule has 0 aliphatic heterocycles. The molecule has 32 heavy (non-hydrogen) atoms. The van der Waals surface area contributed by atoms with Crippen LogP contribution in [0.1, 0.15) is 46.5 Å². The topological polar surface area (TPSA) is 94.4 Å². The molecule has 0 spiro atoms. The number of carbonyl (C=O) groups is 2. The Morgan fingerprint density at radius 3 is 2.62 bits per heavy atom. The maximum absolute atomic E-state index is 13.3. The third-order valence-corrected chi connectivity index (χ3v) is 9.11. The van der Waals surface area contributed by atoms with E-state index in [0.717, 1.165) is 31.1 Å². The molecule has 0 aromatic rings. The third-order valence-electron chi connectivity index (χ3n) is 9.11. The molecule has 4 aliphatic carbocycles. The van der Waals surface area contributed by atoms with Gasteiger partial charge in [-0.3, -0.25) is 4.79 Å². The van der Waals surface area contributed by atoms with E-state index in [1.807, 2.05) is 13.8 Å². The van der Waals surface area contributed by atoms with Crippen molar-refractivity contribution in [3.05, 3.63) is 11.6 Å². The Hall–Kier alpha value is -1.73. The van der Waals surface area contributed by atoms with Crippen molar-refractivity contribution in [3.8, 4) is 0 Å². The quantitative estimate of drug-likeness (QED) is 0.171. The van der Waals surface area contributed by atoms with Crippen molar-refractivity contribution in [2.24, 2.45) is 51.0 Å². The van der Waals surface area contributed by atoms with Gasteiger partial charge in [0.2, 0.25) is 0 Å². The Morgan fingerprint density at radius 1 is 1.22 bits per heavy atom. The minimum Gasteiger partial charge on any atom is -0.481 e. The second-order valence-corrected chi connectivity index (χ2v) is 10.5. The molecule has 7 heteroatoms. The smallest absolute Gasteiger partial charge is 0.315 e. The van der Waals surface area contributed by atoms with Crippen molar-refractivity contribution in [1.82, 2.24) is 0 Å². The fourth-order valence-corrected chi connectivity index (χ4v) is 8.01. The molecular formula is C25H37NO6. The first kappa shape index (κ1) is 23.4. The SMILES string of the molecule is COCCOCCON=C[C@@]12C[C@@H]3[C@H](C)CC[C@H]3[C@@]3(C=O)C[C@@H]1C=C(C(C)C)[C@]32C(=O)O. The van der Waals surface area contributed by atoms with Crippen LogP contribution < -0.4 is 0 Å². The lowest BCUT2D eigenvalue weighted by molar-refractivity contribution is -0.173. The summed E-state index contributed by atoms with van der Waals surface area (Å²) in [5, 5.41) is 15.2. The van der Waals surface area contributed by atoms with Crippen LogP contribution in [0.15, 0.2) is 16.8 Å². The summed E-state index contributed by atoms with van der Waals surface area (Å²) in [6.45, 7) is 8.01. The number of nitrogens with zero attached hydrogens (tertiary/aromatic N) is 1. The van der Waals surface area contributed by atoms with Gasteiger partial charge >= 0.3 is 5.97 Å². The Bertz CT molecular complexity index is 808. The maximum Gasteiger partial charge on any atom is 0.315 e. The number of methoxy groups -OCH3 is 1. The summed E-state index contributed by atoms with van der Waals surface area (Å²) in [5.41, 5.74) is -1.94. The third kappa shape index (κ3) is 2.89. The van der Waals surface area contributed by atoms with Gasteiger partial charge in [0, 0.05) is 12.5 Å². The first-order valence-corrected chi connectivity index (χ1v) is 12.0. The van der Waals surface area contributed by atoms with Crippen LogP contribution in [0.25, 0.3) is 0 Å². The molecule has 1 N–H and O–H groups in total. The first-order valence-electron chi connectivity index (χ1n) is 12.0. The van der Waals surface area contributed by atoms with E-state index in [2.05, 4.69) is 18.2 Å². The fourth-order valence-electron chi connectivity index (χ4n) is 8.01. The largest absolute Gasteiger partial charge is 0.481 e. The number of carboxylic acids is 1. The average molecular weight is 448 g/mol. The van der Waals surface area contributed by atoms with Crippen LogP contribution in [0.2, 0.25) is 0 Å². The highest BCUT2D eigenvalue weighted by atomic mass is 16.6. The highest BCUT2D eigenvalue weighted by Gasteiger charge is 2.84. The van der Waals surface area contributed by atoms with Crippen LogP contribution in [0, 0.1) is 45.8 Å². The molecule has 0 aromatic carbocycles. The van der Waals surface area contributed by atoms with Gasteiger partial charge < -0.3 is 24.2 Å². The molecule has 0 radical (unpaired) electrons. The number of ether oxygens (including phenoxy) is 2. The number of hydrogen-bond donors (Lipinski definition) is 1. The monoisotopic (exact) mass is 447 g/mol. The Labute approximate surface area is 190 Å². The predicted octanol–water partition coefficient (Wildman–Crippen LogP) is 3.58. The second-order valence-electron chi connectivity index (χ2n) is 10.5. The van der Waals surface area contributed by atoms with E-state index in [0.29, 0.717) is 38.1 Å². The zero-order chi connectivity index (χ0) is 23.1. The van der Waals surface area contributed by atoms with E-state index in [1.165, 1.54) is 0 Å². The van der Waals surface area contributed by atoms with E-state index >= 15 is 0 Å². The van der Waals surface area contributed by atoms with E-state index < -0.39 is 22.2 Å². The van der Waals surface area contributed by atoms with Gasteiger partial charge in [0.1, 0.15) is 18.3 Å². The summed E-state index contributed by atoms with van der Waals surface area (Å²) >= 11 is 0. The minimum absolute atomic E-state index is 0.00990. The van der Waals surface area contributed by atoms with Crippen LogP contribution in [-0.2, 0) is 23.9 Å². The lowest BCUT2D eigenvalue weighted by atomic mass is 9.43. The van der Waals surface area contributed by atoms with Crippen molar-refractivity contribution in [3.63, 3.8) is 0 Å². The summed E-state index contributed by atoms with van der Waals surface area (Å²) in [5.74, 6) is 0.0973. The van der Waals surface area contributed by atoms with E-state index in [-0.39, 0.29) is 24.4 Å². The van der Waals surface area contributed by atoms with Crippen LogP contribution in [0.5, 0.6) is 0 Å². The number of fused-ring (bicyclic) bond motifs is 2. The number of carbonyl (C=O) groups excluding carboxylic acids is 1. The van der Waals surface area contributed by atoms with Crippen molar-refractivity contribution < 1.29 is 29.0 Å². The van der Waals surface area contributed by atoms with Crippen molar-refractivity contribution in [2.75, 3.05) is 33.5 Å². The normalized spacial score (nSPS) is 41.8. The summed E-state index contributed by atoms with van der Waals surface area (Å²) in [4.78, 5) is 31.7. The molecule has 0 aromatic heterocycles. The van der Waals surface area contributed by atoms with Gasteiger partial charge in [-0.05, 0) is 48.9 Å². The standard InChI is InChI=1S/C25H37NO6/c1-16(2)21-11-18-12-24(15-27)20-6-5-17(3)19(20)13-23(18,25(21,24)22(28)29)14-26-32-10-9-31-8-7-30-4/h11,14-20H,5-10,12-13H2,1-4H3,(H,28,29)/t17-,18+,19-,20-,23+,24+,25-/m1/s1. The second kappa shape index (κ2) is 8.56. The van der Waals surface area contributed by atoms with E-state index in [9.17, 15) is 14.7 Å². The number of aliphatic carboxylic acids is 1. The summed E-state index contributed by atoms with van der Waals surface area (Å²) in [6, 6.07) is 0. The number of rotatable bonds is 11. The van der Waals surface area contributed by atoms with Gasteiger partial charge in [0.25, 0.3) is 0 Å². The summed E-state index contributed by atoms with van der Waals surface area (Å²) < 4.78 is 10.4. The zero-order valence-electron chi connectivity index (χ0n) is 19.7. The van der Waals surface area contributed by atoms with Gasteiger partial charge in [-0.25, -0.2) is 0 Å². The lowest BCUT2D eigenvalue weighted by Crippen LogP contribution is -2.63. The number of carboxylic acid groups (broad SMARTS) is 1. The van der Waals surface area contributed by atoms with Crippen LogP contribution in [-0.4, -0.2) is 57.1 Å². The molecular weight excluding hydrogens is 410 g/mol. The van der Waals surface area contributed by atoms with Gasteiger partial charge in [0.05, 0.1) is 31.5 Å². The molecule has 4 aliphatic rings. The molecule has 4 rings (SSSR count). The molecule has 7 atom stereocenters. The Kier molecular flexibility index (Phi) is 6.27. The molecule has 0 amide bonds. The average Bonchev–Trinajstić information content (AvgIpc) is 3.33. The molecule has 4 bridgehead atoms. The molecule has 0 saturated heterocycles. The van der Waals surface area contributed by atoms with Gasteiger partial charge in [-0.2, -0.15) is 0 Å². The molecule has 3 fully saturated rings. The van der Waals surface area contributed by atoms with Crippen molar-refractivity contribution >= 4 is 18.5 Å². The number of allylic oxidation sites excluding steroid dienone is 1. The van der Waals surface area contributed by atoms with Gasteiger partial charge in [-0.15, -0.1) is 0 Å². The van der Waals surface area contributed by atoms with Crippen LogP contribution >= 0.6 is 0 Å². The lowest BCUT2D eigenvalue weighted by Gasteiger charge is -2.57. The molecule has 7 nitrogen and oxygen atoms in total. The fraction of sp³-hybridized carbons (Fsp3) is 0.800. The molecule has 0 heterocycles. The Balaban J connectivity index is 1.69. The van der Waals surface area contributed by atoms with E-state index in [4.69, 9.17) is 14.3 Å². The maximum atomic E-state index is 13.3. The minimum atomic E-state index is -1.24.